The fraction of sp³-hybridized carbons (Fsp3) is 0.333. The van der Waals surface area contributed by atoms with Crippen LogP contribution in [0.15, 0.2) is 72.8 Å². The van der Waals surface area contributed by atoms with Gasteiger partial charge in [0, 0.05) is 0 Å². The first-order valence-electron chi connectivity index (χ1n) is 12.4. The second kappa shape index (κ2) is 13.3. The van der Waals surface area contributed by atoms with E-state index in [1.807, 2.05) is 0 Å². The van der Waals surface area contributed by atoms with Gasteiger partial charge in [0.05, 0.1) is 24.3 Å². The van der Waals surface area contributed by atoms with Crippen LogP contribution in [0, 0.1) is 11.8 Å². The molecule has 190 valence electrons. The van der Waals surface area contributed by atoms with Crippen molar-refractivity contribution in [1.82, 2.24) is 0 Å². The minimum atomic E-state index is -0.517. The SMILES string of the molecule is CCC(C)COc1ccc(OC(=O)c2ccc(C(=O)Oc3ccc(OCC(C)CC)cc3)cc2)cc1. The lowest BCUT2D eigenvalue weighted by atomic mass is 10.1. The van der Waals surface area contributed by atoms with Crippen LogP contribution in [-0.2, 0) is 0 Å². The molecule has 3 rings (SSSR count). The molecule has 2 unspecified atom stereocenters. The molecule has 36 heavy (non-hydrogen) atoms. The van der Waals surface area contributed by atoms with Crippen molar-refractivity contribution in [2.24, 2.45) is 11.8 Å². The largest absolute Gasteiger partial charge is 0.493 e. The summed E-state index contributed by atoms with van der Waals surface area (Å²) in [5.74, 6) is 2.20. The summed E-state index contributed by atoms with van der Waals surface area (Å²) in [7, 11) is 0. The standard InChI is InChI=1S/C30H34O6/c1-5-21(3)19-33-25-11-15-27(16-12-25)35-29(31)23-7-9-24(10-8-23)30(32)36-28-17-13-26(14-18-28)34-20-22(4)6-2/h7-18,21-22H,5-6,19-20H2,1-4H3. The van der Waals surface area contributed by atoms with Crippen LogP contribution in [0.1, 0.15) is 61.3 Å². The van der Waals surface area contributed by atoms with Crippen molar-refractivity contribution in [1.29, 1.82) is 0 Å². The zero-order valence-corrected chi connectivity index (χ0v) is 21.4. The van der Waals surface area contributed by atoms with E-state index in [4.69, 9.17) is 18.9 Å². The van der Waals surface area contributed by atoms with E-state index in [9.17, 15) is 9.59 Å². The molecule has 0 saturated carbocycles. The monoisotopic (exact) mass is 490 g/mol. The predicted molar refractivity (Wildman–Crippen MR) is 139 cm³/mol. The van der Waals surface area contributed by atoms with Gasteiger partial charge >= 0.3 is 11.9 Å². The highest BCUT2D eigenvalue weighted by atomic mass is 16.5. The van der Waals surface area contributed by atoms with E-state index in [1.165, 1.54) is 24.3 Å². The van der Waals surface area contributed by atoms with Crippen molar-refractivity contribution in [2.45, 2.75) is 40.5 Å². The fourth-order valence-corrected chi connectivity index (χ4v) is 2.99. The average Bonchev–Trinajstić information content (AvgIpc) is 2.91. The Balaban J connectivity index is 1.51. The number of hydrogen-bond donors (Lipinski definition) is 0. The third-order valence-corrected chi connectivity index (χ3v) is 5.89. The molecule has 3 aromatic carbocycles. The Morgan fingerprint density at radius 2 is 0.861 bits per heavy atom. The van der Waals surface area contributed by atoms with Gasteiger partial charge in [-0.05, 0) is 84.6 Å². The maximum absolute atomic E-state index is 12.5. The van der Waals surface area contributed by atoms with Crippen LogP contribution in [0.3, 0.4) is 0 Å². The molecule has 6 nitrogen and oxygen atoms in total. The summed E-state index contributed by atoms with van der Waals surface area (Å²) in [4.78, 5) is 25.0. The van der Waals surface area contributed by atoms with E-state index < -0.39 is 11.9 Å². The zero-order valence-electron chi connectivity index (χ0n) is 21.4. The number of rotatable bonds is 12. The third-order valence-electron chi connectivity index (χ3n) is 5.89. The van der Waals surface area contributed by atoms with Crippen molar-refractivity contribution in [2.75, 3.05) is 13.2 Å². The lowest BCUT2D eigenvalue weighted by Gasteiger charge is -2.11. The van der Waals surface area contributed by atoms with Crippen LogP contribution in [-0.4, -0.2) is 25.2 Å². The Kier molecular flexibility index (Phi) is 9.92. The van der Waals surface area contributed by atoms with E-state index in [2.05, 4.69) is 27.7 Å². The molecule has 3 aromatic rings. The number of esters is 2. The van der Waals surface area contributed by atoms with Crippen molar-refractivity contribution < 1.29 is 28.5 Å². The maximum Gasteiger partial charge on any atom is 0.343 e. The topological polar surface area (TPSA) is 71.1 Å². The van der Waals surface area contributed by atoms with Crippen LogP contribution in [0.2, 0.25) is 0 Å². The van der Waals surface area contributed by atoms with Crippen molar-refractivity contribution in [3.63, 3.8) is 0 Å². The maximum atomic E-state index is 12.5. The number of carbonyl (C=O) groups is 2. The molecule has 0 amide bonds. The molecule has 0 aliphatic carbocycles. The van der Waals surface area contributed by atoms with Crippen LogP contribution >= 0.6 is 0 Å². The summed E-state index contributed by atoms with van der Waals surface area (Å²) >= 11 is 0. The Bertz CT molecular complexity index is 1010. The summed E-state index contributed by atoms with van der Waals surface area (Å²) in [6, 6.07) is 20.0. The lowest BCUT2D eigenvalue weighted by molar-refractivity contribution is 0.0720. The van der Waals surface area contributed by atoms with Gasteiger partial charge in [-0.2, -0.15) is 0 Å². The van der Waals surface area contributed by atoms with Gasteiger partial charge in [-0.1, -0.05) is 40.5 Å². The van der Waals surface area contributed by atoms with Crippen molar-refractivity contribution in [3.8, 4) is 23.0 Å². The molecular formula is C30H34O6. The smallest absolute Gasteiger partial charge is 0.343 e. The summed E-state index contributed by atoms with van der Waals surface area (Å²) in [6.45, 7) is 9.78. The minimum absolute atomic E-state index is 0.325. The van der Waals surface area contributed by atoms with E-state index in [-0.39, 0.29) is 0 Å². The minimum Gasteiger partial charge on any atom is -0.493 e. The molecule has 0 saturated heterocycles. The van der Waals surface area contributed by atoms with Gasteiger partial charge in [-0.3, -0.25) is 0 Å². The summed E-state index contributed by atoms with van der Waals surface area (Å²) in [5, 5.41) is 0. The number of hydrogen-bond acceptors (Lipinski definition) is 6. The Morgan fingerprint density at radius 1 is 0.556 bits per heavy atom. The van der Waals surface area contributed by atoms with Gasteiger partial charge in [-0.25, -0.2) is 9.59 Å². The normalized spacial score (nSPS) is 12.3. The Hall–Kier alpha value is -3.80. The average molecular weight is 491 g/mol. The molecule has 6 heteroatoms. The van der Waals surface area contributed by atoms with Crippen LogP contribution in [0.5, 0.6) is 23.0 Å². The summed E-state index contributed by atoms with van der Waals surface area (Å²) < 4.78 is 22.3. The van der Waals surface area contributed by atoms with Gasteiger partial charge in [0.2, 0.25) is 0 Å². The van der Waals surface area contributed by atoms with Crippen LogP contribution in [0.25, 0.3) is 0 Å². The quantitative estimate of drug-likeness (QED) is 0.202. The molecule has 0 N–H and O–H groups in total. The first-order valence-corrected chi connectivity index (χ1v) is 12.4. The molecule has 0 aliphatic rings. The fourth-order valence-electron chi connectivity index (χ4n) is 2.99. The Morgan fingerprint density at radius 3 is 1.17 bits per heavy atom. The first-order chi connectivity index (χ1) is 17.4. The third kappa shape index (κ3) is 8.15. The highest BCUT2D eigenvalue weighted by molar-refractivity contribution is 5.94. The number of carbonyl (C=O) groups excluding carboxylic acids is 2. The molecule has 0 aliphatic heterocycles. The van der Waals surface area contributed by atoms with E-state index in [0.29, 0.717) is 47.7 Å². The molecule has 2 atom stereocenters. The second-order valence-corrected chi connectivity index (χ2v) is 8.95. The highest BCUT2D eigenvalue weighted by Crippen LogP contribution is 2.21. The summed E-state index contributed by atoms with van der Waals surface area (Å²) in [6.07, 6.45) is 2.10. The number of ether oxygens (including phenoxy) is 4. The van der Waals surface area contributed by atoms with Gasteiger partial charge in [0.15, 0.2) is 0 Å². The molecular weight excluding hydrogens is 456 g/mol. The van der Waals surface area contributed by atoms with Gasteiger partial charge in [0.1, 0.15) is 23.0 Å². The molecule has 0 bridgehead atoms. The van der Waals surface area contributed by atoms with E-state index >= 15 is 0 Å². The van der Waals surface area contributed by atoms with Crippen LogP contribution < -0.4 is 18.9 Å². The van der Waals surface area contributed by atoms with Crippen molar-refractivity contribution in [3.05, 3.63) is 83.9 Å². The zero-order chi connectivity index (χ0) is 25.9. The number of benzene rings is 3. The second-order valence-electron chi connectivity index (χ2n) is 8.95. The predicted octanol–water partition coefficient (Wildman–Crippen LogP) is 6.97. The van der Waals surface area contributed by atoms with Gasteiger partial charge < -0.3 is 18.9 Å². The summed E-state index contributed by atoms with van der Waals surface area (Å²) in [5.41, 5.74) is 0.651. The van der Waals surface area contributed by atoms with Gasteiger partial charge in [-0.15, -0.1) is 0 Å². The van der Waals surface area contributed by atoms with E-state index in [1.54, 1.807) is 48.5 Å². The molecule has 0 radical (unpaired) electrons. The highest BCUT2D eigenvalue weighted by Gasteiger charge is 2.13. The molecule has 0 fully saturated rings. The van der Waals surface area contributed by atoms with Crippen LogP contribution in [0.4, 0.5) is 0 Å². The lowest BCUT2D eigenvalue weighted by Crippen LogP contribution is -2.11. The Labute approximate surface area is 213 Å². The van der Waals surface area contributed by atoms with Gasteiger partial charge in [0.25, 0.3) is 0 Å². The first kappa shape index (κ1) is 26.8. The van der Waals surface area contributed by atoms with E-state index in [0.717, 1.165) is 24.3 Å². The molecule has 0 spiro atoms. The molecule has 0 aromatic heterocycles. The van der Waals surface area contributed by atoms with Crippen molar-refractivity contribution >= 4 is 11.9 Å². The molecule has 0 heterocycles.